The number of nitrogens with one attached hydrogen (secondary N) is 3. The van der Waals surface area contributed by atoms with Gasteiger partial charge in [-0.25, -0.2) is 4.79 Å². The Morgan fingerprint density at radius 1 is 1.30 bits per heavy atom. The van der Waals surface area contributed by atoms with Crippen molar-refractivity contribution in [3.05, 3.63) is 34.4 Å². The Morgan fingerprint density at radius 3 is 2.65 bits per heavy atom. The van der Waals surface area contributed by atoms with Crippen molar-refractivity contribution in [3.8, 4) is 0 Å². The molecule has 1 aliphatic rings. The van der Waals surface area contributed by atoms with Gasteiger partial charge in [0.05, 0.1) is 4.92 Å². The standard InChI is InChI=1S/C15H20N4O4/c1-10(16-12-7-4-8-13(9-12)19(22)23)14(20)18-15(21)17-11-5-2-3-6-11/h4,7-11,16H,2-3,5-6H2,1H3,(H2,17,18,20,21)/t10-/m1/s1. The molecule has 0 aromatic heterocycles. The van der Waals surface area contributed by atoms with E-state index in [-0.39, 0.29) is 11.7 Å². The first kappa shape index (κ1) is 16.7. The predicted octanol–water partition coefficient (Wildman–Crippen LogP) is 2.16. The van der Waals surface area contributed by atoms with E-state index in [1.165, 1.54) is 18.2 Å². The topological polar surface area (TPSA) is 113 Å². The Hall–Kier alpha value is -2.64. The monoisotopic (exact) mass is 320 g/mol. The first-order valence-corrected chi connectivity index (χ1v) is 7.58. The summed E-state index contributed by atoms with van der Waals surface area (Å²) in [5, 5.41) is 18.6. The minimum absolute atomic E-state index is 0.0680. The molecule has 1 saturated carbocycles. The molecule has 1 fully saturated rings. The maximum Gasteiger partial charge on any atom is 0.321 e. The number of nitro benzene ring substituents is 1. The number of imide groups is 1. The third-order valence-electron chi connectivity index (χ3n) is 3.76. The molecule has 0 unspecified atom stereocenters. The minimum atomic E-state index is -0.702. The number of carbonyl (C=O) groups is 2. The number of rotatable bonds is 5. The summed E-state index contributed by atoms with van der Waals surface area (Å²) in [5.41, 5.74) is 0.375. The molecule has 3 amide bonds. The number of nitro groups is 1. The third-order valence-corrected chi connectivity index (χ3v) is 3.76. The van der Waals surface area contributed by atoms with Gasteiger partial charge in [-0.1, -0.05) is 18.9 Å². The maximum atomic E-state index is 12.0. The fourth-order valence-corrected chi connectivity index (χ4v) is 2.54. The van der Waals surface area contributed by atoms with Crippen LogP contribution in [-0.4, -0.2) is 28.9 Å². The van der Waals surface area contributed by atoms with Gasteiger partial charge >= 0.3 is 6.03 Å². The highest BCUT2D eigenvalue weighted by molar-refractivity contribution is 5.98. The highest BCUT2D eigenvalue weighted by Gasteiger charge is 2.20. The summed E-state index contributed by atoms with van der Waals surface area (Å²) in [6.07, 6.45) is 4.04. The summed E-state index contributed by atoms with van der Waals surface area (Å²) in [7, 11) is 0. The van der Waals surface area contributed by atoms with Gasteiger partial charge in [-0.2, -0.15) is 0 Å². The van der Waals surface area contributed by atoms with Crippen molar-refractivity contribution in [1.82, 2.24) is 10.6 Å². The van der Waals surface area contributed by atoms with Crippen LogP contribution < -0.4 is 16.0 Å². The summed E-state index contributed by atoms with van der Waals surface area (Å²) in [6.45, 7) is 1.58. The highest BCUT2D eigenvalue weighted by atomic mass is 16.6. The van der Waals surface area contributed by atoms with E-state index in [9.17, 15) is 19.7 Å². The minimum Gasteiger partial charge on any atom is -0.374 e. The number of urea groups is 1. The molecule has 2 rings (SSSR count). The van der Waals surface area contributed by atoms with Crippen molar-refractivity contribution >= 4 is 23.3 Å². The fraction of sp³-hybridized carbons (Fsp3) is 0.467. The average Bonchev–Trinajstić information content (AvgIpc) is 3.00. The molecule has 23 heavy (non-hydrogen) atoms. The van der Waals surface area contributed by atoms with Gasteiger partial charge in [-0.05, 0) is 25.8 Å². The molecular formula is C15H20N4O4. The van der Waals surface area contributed by atoms with E-state index in [2.05, 4.69) is 16.0 Å². The molecule has 0 bridgehead atoms. The largest absolute Gasteiger partial charge is 0.374 e. The molecule has 1 aromatic rings. The Kier molecular flexibility index (Phi) is 5.51. The van der Waals surface area contributed by atoms with Gasteiger partial charge in [0.15, 0.2) is 0 Å². The highest BCUT2D eigenvalue weighted by Crippen LogP contribution is 2.18. The third kappa shape index (κ3) is 4.94. The smallest absolute Gasteiger partial charge is 0.321 e. The van der Waals surface area contributed by atoms with Gasteiger partial charge in [-0.15, -0.1) is 0 Å². The lowest BCUT2D eigenvalue weighted by Crippen LogP contribution is -2.48. The molecule has 1 aliphatic carbocycles. The molecule has 124 valence electrons. The summed E-state index contributed by atoms with van der Waals surface area (Å²) in [4.78, 5) is 34.0. The van der Waals surface area contributed by atoms with Crippen LogP contribution in [0.3, 0.4) is 0 Å². The second-order valence-corrected chi connectivity index (χ2v) is 5.62. The number of benzene rings is 1. The van der Waals surface area contributed by atoms with Crippen molar-refractivity contribution in [2.24, 2.45) is 0 Å². The molecule has 0 saturated heterocycles. The average molecular weight is 320 g/mol. The van der Waals surface area contributed by atoms with Crippen molar-refractivity contribution in [2.75, 3.05) is 5.32 Å². The quantitative estimate of drug-likeness (QED) is 0.568. The number of amides is 3. The number of carbonyl (C=O) groups excluding carboxylic acids is 2. The zero-order valence-corrected chi connectivity index (χ0v) is 12.9. The number of nitrogens with zero attached hydrogens (tertiary/aromatic N) is 1. The van der Waals surface area contributed by atoms with Crippen LogP contribution in [-0.2, 0) is 4.79 Å². The number of hydrogen-bond acceptors (Lipinski definition) is 5. The second kappa shape index (κ2) is 7.57. The van der Waals surface area contributed by atoms with E-state index in [0.717, 1.165) is 25.7 Å². The van der Waals surface area contributed by atoms with Gasteiger partial charge in [0, 0.05) is 23.9 Å². The van der Waals surface area contributed by atoms with Gasteiger partial charge < -0.3 is 10.6 Å². The second-order valence-electron chi connectivity index (χ2n) is 5.62. The van der Waals surface area contributed by atoms with Crippen LogP contribution in [0.2, 0.25) is 0 Å². The molecule has 8 heteroatoms. The van der Waals surface area contributed by atoms with Crippen molar-refractivity contribution in [2.45, 2.75) is 44.7 Å². The molecule has 3 N–H and O–H groups in total. The Balaban J connectivity index is 1.85. The molecule has 8 nitrogen and oxygen atoms in total. The van der Waals surface area contributed by atoms with Crippen LogP contribution in [0, 0.1) is 10.1 Å². The van der Waals surface area contributed by atoms with Gasteiger partial charge in [0.2, 0.25) is 5.91 Å². The van der Waals surface area contributed by atoms with Gasteiger partial charge in [0.1, 0.15) is 6.04 Å². The molecular weight excluding hydrogens is 300 g/mol. The summed E-state index contributed by atoms with van der Waals surface area (Å²) < 4.78 is 0. The lowest BCUT2D eigenvalue weighted by molar-refractivity contribution is -0.384. The lowest BCUT2D eigenvalue weighted by atomic mass is 10.2. The normalized spacial score (nSPS) is 15.7. The van der Waals surface area contributed by atoms with Crippen LogP contribution in [0.1, 0.15) is 32.6 Å². The van der Waals surface area contributed by atoms with Gasteiger partial charge in [-0.3, -0.25) is 20.2 Å². The first-order valence-electron chi connectivity index (χ1n) is 7.58. The molecule has 1 aromatic carbocycles. The van der Waals surface area contributed by atoms with E-state index >= 15 is 0 Å². The zero-order valence-electron chi connectivity index (χ0n) is 12.9. The summed E-state index contributed by atoms with van der Waals surface area (Å²) in [5.74, 6) is -0.494. The Labute approximate surface area is 133 Å². The van der Waals surface area contributed by atoms with Crippen molar-refractivity contribution in [1.29, 1.82) is 0 Å². The Bertz CT molecular complexity index is 599. The van der Waals surface area contributed by atoms with E-state index in [0.29, 0.717) is 5.69 Å². The van der Waals surface area contributed by atoms with Crippen LogP contribution in [0.5, 0.6) is 0 Å². The van der Waals surface area contributed by atoms with E-state index < -0.39 is 22.9 Å². The maximum absolute atomic E-state index is 12.0. The summed E-state index contributed by atoms with van der Waals surface area (Å²) >= 11 is 0. The molecule has 0 spiro atoms. The molecule has 1 atom stereocenters. The first-order chi connectivity index (χ1) is 11.0. The van der Waals surface area contributed by atoms with E-state index in [4.69, 9.17) is 0 Å². The fourth-order valence-electron chi connectivity index (χ4n) is 2.54. The van der Waals surface area contributed by atoms with Crippen molar-refractivity contribution < 1.29 is 14.5 Å². The van der Waals surface area contributed by atoms with Crippen LogP contribution in [0.25, 0.3) is 0 Å². The SMILES string of the molecule is C[C@@H](Nc1cccc([N+](=O)[O-])c1)C(=O)NC(=O)NC1CCCC1. The van der Waals surface area contributed by atoms with Crippen LogP contribution in [0.15, 0.2) is 24.3 Å². The Morgan fingerprint density at radius 2 is 2.00 bits per heavy atom. The lowest BCUT2D eigenvalue weighted by Gasteiger charge is -2.16. The van der Waals surface area contributed by atoms with Gasteiger partial charge in [0.25, 0.3) is 5.69 Å². The number of hydrogen-bond donors (Lipinski definition) is 3. The van der Waals surface area contributed by atoms with E-state index in [1.807, 2.05) is 0 Å². The summed E-state index contributed by atoms with van der Waals surface area (Å²) in [6, 6.07) is 4.77. The van der Waals surface area contributed by atoms with Crippen molar-refractivity contribution in [3.63, 3.8) is 0 Å². The number of anilines is 1. The molecule has 0 aliphatic heterocycles. The van der Waals surface area contributed by atoms with Crippen LogP contribution >= 0.6 is 0 Å². The molecule has 0 radical (unpaired) electrons. The molecule has 0 heterocycles. The zero-order chi connectivity index (χ0) is 16.8. The van der Waals surface area contributed by atoms with Crippen LogP contribution in [0.4, 0.5) is 16.2 Å². The predicted molar refractivity (Wildman–Crippen MR) is 85.1 cm³/mol. The van der Waals surface area contributed by atoms with E-state index in [1.54, 1.807) is 13.0 Å². The number of non-ortho nitro benzene ring substituents is 1.